The summed E-state index contributed by atoms with van der Waals surface area (Å²) in [5, 5.41) is 3.63. The third-order valence-electron chi connectivity index (χ3n) is 2.68. The topological polar surface area (TPSA) is 12.0 Å². The molecule has 1 heteroatoms. The lowest BCUT2D eigenvalue weighted by molar-refractivity contribution is 0.530. The Morgan fingerprint density at radius 2 is 2.22 bits per heavy atom. The van der Waals surface area contributed by atoms with Crippen LogP contribution in [0.5, 0.6) is 0 Å². The maximum atomic E-state index is 3.90. The van der Waals surface area contributed by atoms with Gasteiger partial charge in [-0.3, -0.25) is 0 Å². The van der Waals surface area contributed by atoms with Crippen molar-refractivity contribution in [2.45, 2.75) is 43.7 Å². The summed E-state index contributed by atoms with van der Waals surface area (Å²) in [6.07, 6.45) is 6.69. The lowest BCUT2D eigenvalue weighted by atomic mass is 10.1. The van der Waals surface area contributed by atoms with E-state index >= 15 is 0 Å². The Morgan fingerprint density at radius 1 is 1.44 bits per heavy atom. The molecule has 1 unspecified atom stereocenters. The Hall–Kier alpha value is -0.0400. The first-order valence-corrected chi connectivity index (χ1v) is 3.92. The Morgan fingerprint density at radius 3 is 2.56 bits per heavy atom. The van der Waals surface area contributed by atoms with E-state index in [9.17, 15) is 0 Å². The molecule has 2 rings (SSSR count). The molecule has 51 valence electrons. The summed E-state index contributed by atoms with van der Waals surface area (Å²) in [5.41, 5.74) is 0.627. The van der Waals surface area contributed by atoms with Crippen LogP contribution in [0.15, 0.2) is 0 Å². The molecule has 1 saturated carbocycles. The normalized spacial score (nSPS) is 37.7. The highest BCUT2D eigenvalue weighted by molar-refractivity contribution is 5.08. The van der Waals surface area contributed by atoms with Gasteiger partial charge in [-0.25, -0.2) is 0 Å². The largest absolute Gasteiger partial charge is 0.308 e. The van der Waals surface area contributed by atoms with Gasteiger partial charge >= 0.3 is 0 Å². The summed E-state index contributed by atoms with van der Waals surface area (Å²) in [5.74, 6) is 0. The van der Waals surface area contributed by atoms with E-state index in [4.69, 9.17) is 0 Å². The number of rotatable bonds is 1. The van der Waals surface area contributed by atoms with E-state index in [2.05, 4.69) is 12.2 Å². The molecule has 9 heavy (non-hydrogen) atoms. The Kier molecular flexibility index (Phi) is 1.10. The fourth-order valence-electron chi connectivity index (χ4n) is 1.79. The Balaban J connectivity index is 1.93. The number of hydrogen-bond acceptors (Lipinski definition) is 1. The van der Waals surface area contributed by atoms with Crippen molar-refractivity contribution in [2.75, 3.05) is 0 Å². The third-order valence-corrected chi connectivity index (χ3v) is 2.68. The van der Waals surface area contributed by atoms with Crippen molar-refractivity contribution in [1.29, 1.82) is 0 Å². The molecule has 1 radical (unpaired) electrons. The molecule has 2 aliphatic rings. The van der Waals surface area contributed by atoms with E-state index in [-0.39, 0.29) is 0 Å². The van der Waals surface area contributed by atoms with E-state index in [1.165, 1.54) is 25.7 Å². The number of hydrogen-bond donors (Lipinski definition) is 1. The van der Waals surface area contributed by atoms with E-state index in [0.29, 0.717) is 5.54 Å². The van der Waals surface area contributed by atoms with Crippen LogP contribution in [0.4, 0.5) is 0 Å². The monoisotopic (exact) mass is 124 g/mol. The van der Waals surface area contributed by atoms with Crippen molar-refractivity contribution in [1.82, 2.24) is 5.32 Å². The zero-order chi connectivity index (χ0) is 6.32. The van der Waals surface area contributed by atoms with Crippen molar-refractivity contribution in [3.05, 3.63) is 6.92 Å². The highest BCUT2D eigenvalue weighted by atomic mass is 15.1. The van der Waals surface area contributed by atoms with Gasteiger partial charge in [0.05, 0.1) is 0 Å². The fourth-order valence-corrected chi connectivity index (χ4v) is 1.79. The van der Waals surface area contributed by atoms with Crippen LogP contribution >= 0.6 is 0 Å². The van der Waals surface area contributed by atoms with Crippen LogP contribution in [0.3, 0.4) is 0 Å². The molecule has 1 heterocycles. The van der Waals surface area contributed by atoms with Gasteiger partial charge < -0.3 is 5.32 Å². The summed E-state index contributed by atoms with van der Waals surface area (Å²) < 4.78 is 0. The highest BCUT2D eigenvalue weighted by Gasteiger charge is 2.47. The molecule has 0 aromatic heterocycles. The van der Waals surface area contributed by atoms with Gasteiger partial charge in [-0.2, -0.15) is 0 Å². The van der Waals surface area contributed by atoms with Crippen LogP contribution in [0.1, 0.15) is 32.1 Å². The minimum atomic E-state index is 0.627. The lowest BCUT2D eigenvalue weighted by Gasteiger charge is -2.09. The van der Waals surface area contributed by atoms with Gasteiger partial charge in [0, 0.05) is 11.6 Å². The maximum absolute atomic E-state index is 3.90. The molecule has 0 aromatic carbocycles. The Bertz CT molecular complexity index is 116. The molecule has 1 atom stereocenters. The van der Waals surface area contributed by atoms with Crippen molar-refractivity contribution >= 4 is 0 Å². The van der Waals surface area contributed by atoms with Crippen molar-refractivity contribution in [3.63, 3.8) is 0 Å². The SMILES string of the molecule is [CH2]CC1CCC2(CC2)N1. The molecule has 1 nitrogen and oxygen atoms in total. The summed E-state index contributed by atoms with van der Waals surface area (Å²) in [7, 11) is 0. The van der Waals surface area contributed by atoms with Gasteiger partial charge in [-0.1, -0.05) is 6.92 Å². The molecule has 2 fully saturated rings. The number of nitrogens with one attached hydrogen (secondary N) is 1. The molecule has 1 aliphatic heterocycles. The summed E-state index contributed by atoms with van der Waals surface area (Å²) >= 11 is 0. The van der Waals surface area contributed by atoms with E-state index in [1.807, 2.05) is 0 Å². The van der Waals surface area contributed by atoms with Gasteiger partial charge in [0.2, 0.25) is 0 Å². The third kappa shape index (κ3) is 0.877. The highest BCUT2D eigenvalue weighted by Crippen LogP contribution is 2.44. The lowest BCUT2D eigenvalue weighted by Crippen LogP contribution is -2.30. The second-order valence-electron chi connectivity index (χ2n) is 3.45. The van der Waals surface area contributed by atoms with Crippen LogP contribution < -0.4 is 5.32 Å². The first-order chi connectivity index (χ1) is 4.35. The first-order valence-electron chi connectivity index (χ1n) is 3.92. The molecule has 1 spiro atoms. The van der Waals surface area contributed by atoms with E-state index in [0.717, 1.165) is 12.5 Å². The van der Waals surface area contributed by atoms with Crippen LogP contribution in [-0.2, 0) is 0 Å². The molecular weight excluding hydrogens is 110 g/mol. The average molecular weight is 124 g/mol. The predicted molar refractivity (Wildman–Crippen MR) is 38.1 cm³/mol. The van der Waals surface area contributed by atoms with Crippen molar-refractivity contribution in [3.8, 4) is 0 Å². The molecular formula is C8H14N. The van der Waals surface area contributed by atoms with Gasteiger partial charge in [0.15, 0.2) is 0 Å². The van der Waals surface area contributed by atoms with Crippen molar-refractivity contribution < 1.29 is 0 Å². The average Bonchev–Trinajstić information content (AvgIpc) is 2.44. The van der Waals surface area contributed by atoms with Crippen LogP contribution in [0.25, 0.3) is 0 Å². The smallest absolute Gasteiger partial charge is 0.0186 e. The van der Waals surface area contributed by atoms with E-state index in [1.54, 1.807) is 0 Å². The molecule has 0 aromatic rings. The standard InChI is InChI=1S/C8H14N/c1-2-7-3-4-8(9-7)5-6-8/h7,9H,1-6H2. The Labute approximate surface area is 56.8 Å². The summed E-state index contributed by atoms with van der Waals surface area (Å²) in [6, 6.07) is 0.743. The summed E-state index contributed by atoms with van der Waals surface area (Å²) in [4.78, 5) is 0. The van der Waals surface area contributed by atoms with E-state index < -0.39 is 0 Å². The second kappa shape index (κ2) is 1.72. The predicted octanol–water partition coefficient (Wildman–Crippen LogP) is 1.50. The molecule has 0 bridgehead atoms. The zero-order valence-electron chi connectivity index (χ0n) is 5.82. The fraction of sp³-hybridized carbons (Fsp3) is 0.875. The second-order valence-corrected chi connectivity index (χ2v) is 3.45. The van der Waals surface area contributed by atoms with Gasteiger partial charge in [0.1, 0.15) is 0 Å². The quantitative estimate of drug-likeness (QED) is 0.558. The van der Waals surface area contributed by atoms with Crippen LogP contribution in [-0.4, -0.2) is 11.6 Å². The molecule has 0 amide bonds. The minimum absolute atomic E-state index is 0.627. The molecule has 1 N–H and O–H groups in total. The maximum Gasteiger partial charge on any atom is 0.0186 e. The van der Waals surface area contributed by atoms with Crippen LogP contribution in [0, 0.1) is 6.92 Å². The first kappa shape index (κ1) is 5.72. The summed E-state index contributed by atoms with van der Waals surface area (Å²) in [6.45, 7) is 3.90. The minimum Gasteiger partial charge on any atom is -0.308 e. The van der Waals surface area contributed by atoms with Gasteiger partial charge in [0.25, 0.3) is 0 Å². The molecule has 1 saturated heterocycles. The molecule has 1 aliphatic carbocycles. The van der Waals surface area contributed by atoms with Crippen molar-refractivity contribution in [2.24, 2.45) is 0 Å². The zero-order valence-corrected chi connectivity index (χ0v) is 5.82. The van der Waals surface area contributed by atoms with Gasteiger partial charge in [-0.15, -0.1) is 0 Å². The van der Waals surface area contributed by atoms with Gasteiger partial charge in [-0.05, 0) is 32.1 Å². The van der Waals surface area contributed by atoms with Crippen LogP contribution in [0.2, 0.25) is 0 Å².